The maximum absolute atomic E-state index is 13.1. The molecule has 0 bridgehead atoms. The number of amides is 1. The lowest BCUT2D eigenvalue weighted by atomic mass is 10.0. The van der Waals surface area contributed by atoms with Crippen molar-refractivity contribution in [2.24, 2.45) is 0 Å². The SMILES string of the molecule is COCCN1CCc2ccc(Nc3ncc(Cl)c(NN(CCOC)C(=O)c4ccccc4)n3)cc2CC1. The molecule has 0 saturated heterocycles. The second-order valence-electron chi connectivity index (χ2n) is 8.76. The quantitative estimate of drug-likeness (QED) is 0.363. The van der Waals surface area contributed by atoms with Crippen molar-refractivity contribution in [2.45, 2.75) is 12.8 Å². The van der Waals surface area contributed by atoms with Gasteiger partial charge in [-0.15, -0.1) is 0 Å². The number of nitrogens with zero attached hydrogens (tertiary/aromatic N) is 4. The van der Waals surface area contributed by atoms with Gasteiger partial charge >= 0.3 is 0 Å². The number of fused-ring (bicyclic) bond motifs is 1. The second-order valence-corrected chi connectivity index (χ2v) is 9.17. The molecule has 196 valence electrons. The molecule has 0 radical (unpaired) electrons. The van der Waals surface area contributed by atoms with Gasteiger partial charge in [0.1, 0.15) is 5.02 Å². The van der Waals surface area contributed by atoms with Crippen molar-refractivity contribution in [3.05, 3.63) is 76.4 Å². The minimum absolute atomic E-state index is 0.216. The van der Waals surface area contributed by atoms with Crippen molar-refractivity contribution in [1.82, 2.24) is 19.9 Å². The van der Waals surface area contributed by atoms with Crippen LogP contribution in [-0.4, -0.2) is 79.4 Å². The number of benzene rings is 2. The summed E-state index contributed by atoms with van der Waals surface area (Å²) in [6.45, 7) is 4.36. The van der Waals surface area contributed by atoms with E-state index in [-0.39, 0.29) is 5.91 Å². The highest BCUT2D eigenvalue weighted by molar-refractivity contribution is 6.32. The highest BCUT2D eigenvalue weighted by Crippen LogP contribution is 2.25. The van der Waals surface area contributed by atoms with Gasteiger partial charge in [-0.1, -0.05) is 35.9 Å². The van der Waals surface area contributed by atoms with E-state index in [0.29, 0.717) is 35.5 Å². The van der Waals surface area contributed by atoms with Crippen LogP contribution < -0.4 is 10.7 Å². The number of hydrazine groups is 1. The number of hydrogen-bond donors (Lipinski definition) is 2. The number of ether oxygens (including phenoxy) is 2. The zero-order chi connectivity index (χ0) is 26.0. The lowest BCUT2D eigenvalue weighted by molar-refractivity contribution is 0.0741. The summed E-state index contributed by atoms with van der Waals surface area (Å²) >= 11 is 6.39. The van der Waals surface area contributed by atoms with Crippen LogP contribution in [0, 0.1) is 0 Å². The van der Waals surface area contributed by atoms with Gasteiger partial charge in [-0.3, -0.25) is 10.2 Å². The maximum atomic E-state index is 13.1. The lowest BCUT2D eigenvalue weighted by Gasteiger charge is -2.24. The Morgan fingerprint density at radius 2 is 1.81 bits per heavy atom. The maximum Gasteiger partial charge on any atom is 0.272 e. The van der Waals surface area contributed by atoms with Crippen molar-refractivity contribution < 1.29 is 14.3 Å². The molecule has 9 nitrogen and oxygen atoms in total. The fourth-order valence-electron chi connectivity index (χ4n) is 4.18. The van der Waals surface area contributed by atoms with Gasteiger partial charge in [0.2, 0.25) is 5.95 Å². The molecule has 2 aromatic carbocycles. The highest BCUT2D eigenvalue weighted by Gasteiger charge is 2.19. The Kier molecular flexibility index (Phi) is 9.67. The van der Waals surface area contributed by atoms with Crippen molar-refractivity contribution >= 4 is 35.0 Å². The molecule has 1 amide bonds. The first-order chi connectivity index (χ1) is 18.1. The Morgan fingerprint density at radius 3 is 2.57 bits per heavy atom. The van der Waals surface area contributed by atoms with Gasteiger partial charge in [0.05, 0.1) is 26.0 Å². The number of carbonyl (C=O) groups is 1. The fraction of sp³-hybridized carbons (Fsp3) is 0.370. The van der Waals surface area contributed by atoms with Gasteiger partial charge in [-0.2, -0.15) is 4.98 Å². The molecule has 10 heteroatoms. The average molecular weight is 525 g/mol. The molecule has 2 heterocycles. The van der Waals surface area contributed by atoms with E-state index in [1.54, 1.807) is 26.4 Å². The van der Waals surface area contributed by atoms with E-state index < -0.39 is 0 Å². The first-order valence-electron chi connectivity index (χ1n) is 12.3. The molecule has 4 rings (SSSR count). The number of nitrogens with one attached hydrogen (secondary N) is 2. The van der Waals surface area contributed by atoms with Crippen molar-refractivity contribution in [1.29, 1.82) is 0 Å². The molecule has 0 unspecified atom stereocenters. The largest absolute Gasteiger partial charge is 0.383 e. The summed E-state index contributed by atoms with van der Waals surface area (Å²) in [6, 6.07) is 15.4. The first-order valence-corrected chi connectivity index (χ1v) is 12.7. The van der Waals surface area contributed by atoms with E-state index in [1.165, 1.54) is 22.3 Å². The van der Waals surface area contributed by atoms with E-state index in [2.05, 4.69) is 37.7 Å². The van der Waals surface area contributed by atoms with Crippen LogP contribution in [0.1, 0.15) is 21.5 Å². The number of anilines is 3. The number of hydrogen-bond acceptors (Lipinski definition) is 8. The number of carbonyl (C=O) groups excluding carboxylic acids is 1. The molecule has 0 spiro atoms. The Labute approximate surface area is 222 Å². The van der Waals surface area contributed by atoms with Crippen LogP contribution in [0.25, 0.3) is 0 Å². The summed E-state index contributed by atoms with van der Waals surface area (Å²) in [5.74, 6) is 0.483. The molecule has 1 aliphatic heterocycles. The molecule has 0 fully saturated rings. The Bertz CT molecular complexity index is 1180. The van der Waals surface area contributed by atoms with Gasteiger partial charge in [-0.05, 0) is 48.2 Å². The average Bonchev–Trinajstić information content (AvgIpc) is 3.13. The Hall–Kier alpha value is -3.24. The Morgan fingerprint density at radius 1 is 1.05 bits per heavy atom. The minimum Gasteiger partial charge on any atom is -0.383 e. The van der Waals surface area contributed by atoms with Crippen LogP contribution in [-0.2, 0) is 22.3 Å². The third-order valence-electron chi connectivity index (χ3n) is 6.24. The molecule has 37 heavy (non-hydrogen) atoms. The minimum atomic E-state index is -0.216. The predicted octanol–water partition coefficient (Wildman–Crippen LogP) is 4.04. The van der Waals surface area contributed by atoms with Crippen LogP contribution in [0.3, 0.4) is 0 Å². The predicted molar refractivity (Wildman–Crippen MR) is 145 cm³/mol. The summed E-state index contributed by atoms with van der Waals surface area (Å²) in [6.07, 6.45) is 3.49. The number of methoxy groups -OCH3 is 2. The normalized spacial score (nSPS) is 13.5. The van der Waals surface area contributed by atoms with E-state index in [1.807, 2.05) is 24.3 Å². The summed E-state index contributed by atoms with van der Waals surface area (Å²) in [7, 11) is 3.32. The molecule has 1 aromatic heterocycles. The van der Waals surface area contributed by atoms with E-state index in [0.717, 1.165) is 44.8 Å². The molecule has 0 atom stereocenters. The van der Waals surface area contributed by atoms with E-state index in [4.69, 9.17) is 21.1 Å². The van der Waals surface area contributed by atoms with Gasteiger partial charge in [0.15, 0.2) is 5.82 Å². The third-order valence-corrected chi connectivity index (χ3v) is 6.52. The van der Waals surface area contributed by atoms with Crippen molar-refractivity contribution in [2.75, 3.05) is 64.4 Å². The zero-order valence-corrected chi connectivity index (χ0v) is 22.0. The molecular weight excluding hydrogens is 492 g/mol. The topological polar surface area (TPSA) is 91.9 Å². The van der Waals surface area contributed by atoms with Gasteiger partial charge in [0, 0.05) is 45.1 Å². The zero-order valence-electron chi connectivity index (χ0n) is 21.2. The first kappa shape index (κ1) is 26.8. The number of halogens is 1. The van der Waals surface area contributed by atoms with Crippen LogP contribution >= 0.6 is 11.6 Å². The summed E-state index contributed by atoms with van der Waals surface area (Å²) in [5, 5.41) is 5.02. The second kappa shape index (κ2) is 13.3. The summed E-state index contributed by atoms with van der Waals surface area (Å²) in [4.78, 5) is 24.4. The van der Waals surface area contributed by atoms with Crippen LogP contribution in [0.4, 0.5) is 17.5 Å². The van der Waals surface area contributed by atoms with Crippen LogP contribution in [0.15, 0.2) is 54.7 Å². The van der Waals surface area contributed by atoms with Crippen LogP contribution in [0.2, 0.25) is 5.02 Å². The molecule has 1 aliphatic rings. The van der Waals surface area contributed by atoms with Gasteiger partial charge < -0.3 is 19.7 Å². The fourth-order valence-corrected chi connectivity index (χ4v) is 4.32. The van der Waals surface area contributed by atoms with Gasteiger partial charge in [0.25, 0.3) is 5.91 Å². The summed E-state index contributed by atoms with van der Waals surface area (Å²) in [5.41, 5.74) is 7.17. The third kappa shape index (κ3) is 7.39. The monoisotopic (exact) mass is 524 g/mol. The molecule has 2 N–H and O–H groups in total. The molecule has 3 aromatic rings. The lowest BCUT2D eigenvalue weighted by Crippen LogP contribution is -2.39. The number of rotatable bonds is 11. The van der Waals surface area contributed by atoms with Crippen molar-refractivity contribution in [3.8, 4) is 0 Å². The van der Waals surface area contributed by atoms with Crippen molar-refractivity contribution in [3.63, 3.8) is 0 Å². The highest BCUT2D eigenvalue weighted by atomic mass is 35.5. The molecule has 0 saturated carbocycles. The standard InChI is InChI=1S/C27H33ClN6O3/c1-36-16-14-33-12-10-20-8-9-23(18-22(20)11-13-33)30-27-29-19-24(28)25(31-27)32-34(15-17-37-2)26(35)21-6-4-3-5-7-21/h3-9,18-19H,10-17H2,1-2H3,(H2,29,30,31,32). The smallest absolute Gasteiger partial charge is 0.272 e. The summed E-state index contributed by atoms with van der Waals surface area (Å²) < 4.78 is 10.4. The molecule has 0 aliphatic carbocycles. The van der Waals surface area contributed by atoms with Gasteiger partial charge in [-0.25, -0.2) is 9.99 Å². The van der Waals surface area contributed by atoms with Crippen LogP contribution in [0.5, 0.6) is 0 Å². The number of aromatic nitrogens is 2. The van der Waals surface area contributed by atoms with E-state index >= 15 is 0 Å². The molecular formula is C27H33ClN6O3. The Balaban J connectivity index is 1.47. The van der Waals surface area contributed by atoms with E-state index in [9.17, 15) is 4.79 Å².